The van der Waals surface area contributed by atoms with Gasteiger partial charge in [0.2, 0.25) is 11.8 Å². The average Bonchev–Trinajstić information content (AvgIpc) is 3.23. The normalized spacial score (nSPS) is 11.8. The summed E-state index contributed by atoms with van der Waals surface area (Å²) >= 11 is 1.16. The molecule has 5 nitrogen and oxygen atoms in total. The fourth-order valence-electron chi connectivity index (χ4n) is 2.87. The molecule has 3 aromatic carbocycles. The number of para-hydroxylation sites is 1. The predicted molar refractivity (Wildman–Crippen MR) is 116 cm³/mol. The summed E-state index contributed by atoms with van der Waals surface area (Å²) in [5.41, 5.74) is 3.32. The predicted octanol–water partition coefficient (Wildman–Crippen LogP) is 5.66. The Morgan fingerprint density at radius 3 is 2.40 bits per heavy atom. The molecule has 1 aromatic heterocycles. The highest BCUT2D eigenvalue weighted by atomic mass is 32.2. The van der Waals surface area contributed by atoms with Crippen molar-refractivity contribution in [3.8, 4) is 22.6 Å². The second-order valence-corrected chi connectivity index (χ2v) is 7.83. The lowest BCUT2D eigenvalue weighted by Crippen LogP contribution is -2.22. The van der Waals surface area contributed by atoms with E-state index in [2.05, 4.69) is 15.5 Å². The van der Waals surface area contributed by atoms with Gasteiger partial charge in [0.15, 0.2) is 0 Å². The zero-order valence-electron chi connectivity index (χ0n) is 16.1. The topological polar surface area (TPSA) is 68.0 Å². The molecule has 1 amide bonds. The summed E-state index contributed by atoms with van der Waals surface area (Å²) in [7, 11) is 0. The van der Waals surface area contributed by atoms with Gasteiger partial charge in [0, 0.05) is 16.8 Å². The molecule has 1 N–H and O–H groups in total. The van der Waals surface area contributed by atoms with Crippen molar-refractivity contribution >= 4 is 23.4 Å². The van der Waals surface area contributed by atoms with Gasteiger partial charge in [0.1, 0.15) is 5.82 Å². The van der Waals surface area contributed by atoms with E-state index in [1.807, 2.05) is 54.6 Å². The first-order valence-electron chi connectivity index (χ1n) is 9.31. The fraction of sp³-hybridized carbons (Fsp3) is 0.0870. The van der Waals surface area contributed by atoms with E-state index in [0.29, 0.717) is 5.56 Å². The molecule has 0 aliphatic rings. The lowest BCUT2D eigenvalue weighted by Gasteiger charge is -2.14. The summed E-state index contributed by atoms with van der Waals surface area (Å²) in [6.07, 6.45) is 0. The zero-order chi connectivity index (χ0) is 20.9. The van der Waals surface area contributed by atoms with Gasteiger partial charge >= 0.3 is 0 Å². The van der Waals surface area contributed by atoms with Crippen LogP contribution < -0.4 is 5.32 Å². The van der Waals surface area contributed by atoms with Gasteiger partial charge in [-0.05, 0) is 42.8 Å². The van der Waals surface area contributed by atoms with Crippen molar-refractivity contribution in [3.63, 3.8) is 0 Å². The lowest BCUT2D eigenvalue weighted by molar-refractivity contribution is -0.115. The molecule has 0 fully saturated rings. The number of benzene rings is 3. The third kappa shape index (κ3) is 4.58. The molecule has 0 radical (unpaired) electrons. The van der Waals surface area contributed by atoms with Gasteiger partial charge in [0.25, 0.3) is 5.22 Å². The molecule has 1 unspecified atom stereocenters. The van der Waals surface area contributed by atoms with Crippen LogP contribution in [-0.2, 0) is 4.79 Å². The van der Waals surface area contributed by atoms with Gasteiger partial charge in [-0.1, -0.05) is 60.3 Å². The highest BCUT2D eigenvalue weighted by Gasteiger charge is 2.20. The van der Waals surface area contributed by atoms with Gasteiger partial charge in [-0.2, -0.15) is 0 Å². The molecule has 1 atom stereocenters. The second-order valence-electron chi connectivity index (χ2n) is 6.54. The number of thioether (sulfide) groups is 1. The van der Waals surface area contributed by atoms with Crippen LogP contribution in [0.3, 0.4) is 0 Å². The number of hydrogen-bond donors (Lipinski definition) is 1. The molecular weight excluding hydrogens is 401 g/mol. The standard InChI is InChI=1S/C23H18FN3O2S/c1-15(30-23-27-26-22(29-23)17-11-13-18(24)14-12-17)21(28)25-20-10-6-5-9-19(20)16-7-3-2-4-8-16/h2-15H,1H3,(H,25,28). The first-order valence-corrected chi connectivity index (χ1v) is 10.2. The van der Waals surface area contributed by atoms with Gasteiger partial charge in [-0.3, -0.25) is 4.79 Å². The number of hydrogen-bond acceptors (Lipinski definition) is 5. The molecule has 4 aromatic rings. The Balaban J connectivity index is 1.45. The van der Waals surface area contributed by atoms with Crippen LogP contribution in [0.2, 0.25) is 0 Å². The van der Waals surface area contributed by atoms with Crippen molar-refractivity contribution < 1.29 is 13.6 Å². The number of halogens is 1. The molecule has 1 heterocycles. The third-order valence-corrected chi connectivity index (χ3v) is 5.35. The minimum absolute atomic E-state index is 0.176. The average molecular weight is 419 g/mol. The maximum atomic E-state index is 13.1. The number of carbonyl (C=O) groups is 1. The van der Waals surface area contributed by atoms with Crippen LogP contribution in [-0.4, -0.2) is 21.4 Å². The maximum Gasteiger partial charge on any atom is 0.277 e. The molecule has 0 aliphatic heterocycles. The quantitative estimate of drug-likeness (QED) is 0.408. The van der Waals surface area contributed by atoms with Crippen molar-refractivity contribution in [2.45, 2.75) is 17.4 Å². The van der Waals surface area contributed by atoms with Crippen LogP contribution in [0, 0.1) is 5.82 Å². The van der Waals surface area contributed by atoms with E-state index in [9.17, 15) is 9.18 Å². The van der Waals surface area contributed by atoms with Crippen molar-refractivity contribution in [3.05, 3.63) is 84.7 Å². The highest BCUT2D eigenvalue weighted by Crippen LogP contribution is 2.30. The van der Waals surface area contributed by atoms with Crippen LogP contribution in [0.15, 0.2) is 88.5 Å². The molecule has 0 saturated carbocycles. The van der Waals surface area contributed by atoms with Crippen LogP contribution >= 0.6 is 11.8 Å². The molecule has 0 aliphatic carbocycles. The van der Waals surface area contributed by atoms with Crippen molar-refractivity contribution in [2.75, 3.05) is 5.32 Å². The Hall–Kier alpha value is -3.45. The monoisotopic (exact) mass is 419 g/mol. The molecule has 30 heavy (non-hydrogen) atoms. The summed E-state index contributed by atoms with van der Waals surface area (Å²) in [4.78, 5) is 12.8. The molecule has 150 valence electrons. The van der Waals surface area contributed by atoms with Crippen LogP contribution in [0.1, 0.15) is 6.92 Å². The number of anilines is 1. The maximum absolute atomic E-state index is 13.1. The Morgan fingerprint density at radius 1 is 0.933 bits per heavy atom. The molecule has 0 spiro atoms. The fourth-order valence-corrected chi connectivity index (χ4v) is 3.55. The lowest BCUT2D eigenvalue weighted by atomic mass is 10.0. The summed E-state index contributed by atoms with van der Waals surface area (Å²) in [6, 6.07) is 23.3. The largest absolute Gasteiger partial charge is 0.411 e. The smallest absolute Gasteiger partial charge is 0.277 e. The first kappa shape index (κ1) is 19.8. The van der Waals surface area contributed by atoms with E-state index in [1.54, 1.807) is 19.1 Å². The zero-order valence-corrected chi connectivity index (χ0v) is 16.9. The van der Waals surface area contributed by atoms with Crippen molar-refractivity contribution in [1.82, 2.24) is 10.2 Å². The number of amides is 1. The highest BCUT2D eigenvalue weighted by molar-refractivity contribution is 8.00. The van der Waals surface area contributed by atoms with Gasteiger partial charge in [-0.25, -0.2) is 4.39 Å². The Labute approximate surface area is 177 Å². The summed E-state index contributed by atoms with van der Waals surface area (Å²) in [5.74, 6) is -0.238. The van der Waals surface area contributed by atoms with Crippen LogP contribution in [0.25, 0.3) is 22.6 Å². The van der Waals surface area contributed by atoms with E-state index in [1.165, 1.54) is 12.1 Å². The van der Waals surface area contributed by atoms with E-state index >= 15 is 0 Å². The molecule has 0 bridgehead atoms. The minimum Gasteiger partial charge on any atom is -0.411 e. The first-order chi connectivity index (χ1) is 14.6. The minimum atomic E-state index is -0.463. The number of nitrogens with zero attached hydrogens (tertiary/aromatic N) is 2. The molecule has 0 saturated heterocycles. The van der Waals surface area contributed by atoms with Gasteiger partial charge in [-0.15, -0.1) is 10.2 Å². The van der Waals surface area contributed by atoms with Crippen LogP contribution in [0.4, 0.5) is 10.1 Å². The van der Waals surface area contributed by atoms with Crippen molar-refractivity contribution in [1.29, 1.82) is 0 Å². The number of carbonyl (C=O) groups excluding carboxylic acids is 1. The number of rotatable bonds is 6. The third-order valence-electron chi connectivity index (χ3n) is 4.41. The SMILES string of the molecule is CC(Sc1nnc(-c2ccc(F)cc2)o1)C(=O)Nc1ccccc1-c1ccccc1. The van der Waals surface area contributed by atoms with E-state index in [4.69, 9.17) is 4.42 Å². The summed E-state index contributed by atoms with van der Waals surface area (Å²) in [6.45, 7) is 1.77. The second kappa shape index (κ2) is 8.92. The Kier molecular flexibility index (Phi) is 5.90. The van der Waals surface area contributed by atoms with Crippen LogP contribution in [0.5, 0.6) is 0 Å². The molecular formula is C23H18FN3O2S. The molecule has 4 rings (SSSR count). The van der Waals surface area contributed by atoms with E-state index in [-0.39, 0.29) is 22.8 Å². The summed E-state index contributed by atoms with van der Waals surface area (Å²) < 4.78 is 18.7. The Morgan fingerprint density at radius 2 is 1.63 bits per heavy atom. The Bertz CT molecular complexity index is 1150. The summed E-state index contributed by atoms with van der Waals surface area (Å²) in [5, 5.41) is 10.7. The molecule has 7 heteroatoms. The number of nitrogens with one attached hydrogen (secondary N) is 1. The van der Waals surface area contributed by atoms with Gasteiger partial charge in [0.05, 0.1) is 5.25 Å². The number of aromatic nitrogens is 2. The van der Waals surface area contributed by atoms with E-state index < -0.39 is 5.25 Å². The van der Waals surface area contributed by atoms with E-state index in [0.717, 1.165) is 28.6 Å². The van der Waals surface area contributed by atoms with Gasteiger partial charge < -0.3 is 9.73 Å². The van der Waals surface area contributed by atoms with Crippen molar-refractivity contribution in [2.24, 2.45) is 0 Å².